The maximum absolute atomic E-state index is 13.3. The molecule has 4 aromatic rings. The van der Waals surface area contributed by atoms with Crippen LogP contribution in [0.1, 0.15) is 59.3 Å². The van der Waals surface area contributed by atoms with Crippen molar-refractivity contribution in [3.05, 3.63) is 52.8 Å². The van der Waals surface area contributed by atoms with Crippen molar-refractivity contribution < 1.29 is 9.59 Å². The van der Waals surface area contributed by atoms with Gasteiger partial charge in [-0.15, -0.1) is 11.3 Å². The third-order valence-corrected chi connectivity index (χ3v) is 7.94. The lowest BCUT2D eigenvalue weighted by molar-refractivity contribution is -0.135. The summed E-state index contributed by atoms with van der Waals surface area (Å²) >= 11 is 1.30. The Morgan fingerprint density at radius 3 is 2.83 bits per heavy atom. The van der Waals surface area contributed by atoms with E-state index >= 15 is 0 Å². The van der Waals surface area contributed by atoms with E-state index < -0.39 is 0 Å². The summed E-state index contributed by atoms with van der Waals surface area (Å²) in [6.07, 6.45) is 4.19. The van der Waals surface area contributed by atoms with Crippen LogP contribution in [-0.2, 0) is 11.3 Å². The first-order chi connectivity index (χ1) is 17.0. The van der Waals surface area contributed by atoms with E-state index in [-0.39, 0.29) is 17.9 Å². The maximum Gasteiger partial charge on any atom is 0.263 e. The first-order valence-electron chi connectivity index (χ1n) is 12.1. The number of anilines is 1. The van der Waals surface area contributed by atoms with Gasteiger partial charge in [0.15, 0.2) is 0 Å². The van der Waals surface area contributed by atoms with E-state index in [2.05, 4.69) is 20.9 Å². The normalized spacial score (nSPS) is 16.2. The van der Waals surface area contributed by atoms with Crippen molar-refractivity contribution in [3.63, 3.8) is 0 Å². The van der Waals surface area contributed by atoms with Crippen LogP contribution in [0.25, 0.3) is 21.3 Å². The Morgan fingerprint density at radius 1 is 1.17 bits per heavy atom. The summed E-state index contributed by atoms with van der Waals surface area (Å²) < 4.78 is 2.19. The number of piperidine rings is 1. The number of likely N-dealkylation sites (tertiary alicyclic amines) is 1. The number of aromatic nitrogens is 3. The summed E-state index contributed by atoms with van der Waals surface area (Å²) in [4.78, 5) is 38.1. The van der Waals surface area contributed by atoms with Crippen LogP contribution in [0, 0.1) is 6.92 Å². The number of nitrogens with zero attached hydrogens (tertiary/aromatic N) is 4. The fraction of sp³-hybridized carbons (Fsp3) is 0.385. The summed E-state index contributed by atoms with van der Waals surface area (Å²) in [5, 5.41) is 3.42. The molecule has 1 unspecified atom stereocenters. The lowest BCUT2D eigenvalue weighted by Gasteiger charge is -2.35. The van der Waals surface area contributed by atoms with Crippen molar-refractivity contribution in [1.82, 2.24) is 24.8 Å². The standard InChI is InChI=1S/C26H30N6O2S/c1-16-29-18-8-3-4-9-20(18)31(16)15-7-11-22(33)32-14-6-5-10-21(32)19-13-12-17-23(27)24(25(34)28-2)35-26(17)30-19/h3-4,8-9,12-13,21H,5-7,10-11,14-15,27H2,1-2H3,(H,28,34). The zero-order valence-electron chi connectivity index (χ0n) is 20.1. The van der Waals surface area contributed by atoms with Crippen molar-refractivity contribution >= 4 is 50.1 Å². The van der Waals surface area contributed by atoms with Gasteiger partial charge >= 0.3 is 0 Å². The molecule has 0 saturated carbocycles. The molecule has 1 aromatic carbocycles. The monoisotopic (exact) mass is 490 g/mol. The minimum Gasteiger partial charge on any atom is -0.397 e. The van der Waals surface area contributed by atoms with Gasteiger partial charge in [0.05, 0.1) is 28.5 Å². The molecule has 1 fully saturated rings. The summed E-state index contributed by atoms with van der Waals surface area (Å²) in [6.45, 7) is 3.51. The lowest BCUT2D eigenvalue weighted by Crippen LogP contribution is -2.38. The number of pyridine rings is 1. The van der Waals surface area contributed by atoms with E-state index in [1.54, 1.807) is 7.05 Å². The van der Waals surface area contributed by atoms with Crippen molar-refractivity contribution in [2.45, 2.75) is 51.6 Å². The molecule has 0 aliphatic carbocycles. The van der Waals surface area contributed by atoms with Crippen LogP contribution in [0.4, 0.5) is 5.69 Å². The second kappa shape index (κ2) is 9.65. The van der Waals surface area contributed by atoms with E-state index in [9.17, 15) is 9.59 Å². The minimum absolute atomic E-state index is 0.0526. The summed E-state index contributed by atoms with van der Waals surface area (Å²) in [5.74, 6) is 0.927. The van der Waals surface area contributed by atoms with Crippen LogP contribution >= 0.6 is 11.3 Å². The van der Waals surface area contributed by atoms with E-state index in [1.807, 2.05) is 42.2 Å². The third kappa shape index (κ3) is 4.36. The van der Waals surface area contributed by atoms with E-state index in [4.69, 9.17) is 10.7 Å². The average molecular weight is 491 g/mol. The van der Waals surface area contributed by atoms with Crippen molar-refractivity contribution in [1.29, 1.82) is 0 Å². The molecule has 0 bridgehead atoms. The van der Waals surface area contributed by atoms with Crippen molar-refractivity contribution in [2.24, 2.45) is 0 Å². The topological polar surface area (TPSA) is 106 Å². The van der Waals surface area contributed by atoms with Gasteiger partial charge in [0.2, 0.25) is 5.91 Å². The smallest absolute Gasteiger partial charge is 0.263 e. The van der Waals surface area contributed by atoms with Crippen LogP contribution in [0.5, 0.6) is 0 Å². The highest BCUT2D eigenvalue weighted by atomic mass is 32.1. The number of hydrogen-bond acceptors (Lipinski definition) is 6. The van der Waals surface area contributed by atoms with Gasteiger partial charge < -0.3 is 20.5 Å². The van der Waals surface area contributed by atoms with Crippen LogP contribution in [0.2, 0.25) is 0 Å². The fourth-order valence-corrected chi connectivity index (χ4v) is 6.07. The van der Waals surface area contributed by atoms with Crippen LogP contribution in [0.15, 0.2) is 36.4 Å². The molecule has 3 aromatic heterocycles. The van der Waals surface area contributed by atoms with Gasteiger partial charge in [-0.25, -0.2) is 9.97 Å². The SMILES string of the molecule is CNC(=O)c1sc2nc(C3CCCCN3C(=O)CCCn3c(C)nc4ccccc43)ccc2c1N. The number of aryl methyl sites for hydroxylation is 2. The summed E-state index contributed by atoms with van der Waals surface area (Å²) in [5.41, 5.74) is 9.62. The molecular weight excluding hydrogens is 460 g/mol. The first-order valence-corrected chi connectivity index (χ1v) is 12.9. The highest BCUT2D eigenvalue weighted by Crippen LogP contribution is 2.36. The molecule has 1 saturated heterocycles. The molecular formula is C26H30N6O2S. The second-order valence-electron chi connectivity index (χ2n) is 9.01. The molecule has 182 valence electrons. The van der Waals surface area contributed by atoms with Crippen molar-refractivity contribution in [3.8, 4) is 0 Å². The molecule has 1 atom stereocenters. The van der Waals surface area contributed by atoms with E-state index in [0.717, 1.165) is 71.5 Å². The molecule has 35 heavy (non-hydrogen) atoms. The molecule has 0 radical (unpaired) electrons. The zero-order chi connectivity index (χ0) is 24.5. The Balaban J connectivity index is 1.31. The number of imidazole rings is 1. The number of para-hydroxylation sites is 2. The second-order valence-corrected chi connectivity index (χ2v) is 10.0. The third-order valence-electron chi connectivity index (χ3n) is 6.83. The highest BCUT2D eigenvalue weighted by molar-refractivity contribution is 7.21. The maximum atomic E-state index is 13.3. The quantitative estimate of drug-likeness (QED) is 0.416. The predicted octanol–water partition coefficient (Wildman–Crippen LogP) is 4.43. The molecule has 0 spiro atoms. The molecule has 2 amide bonds. The molecule has 3 N–H and O–H groups in total. The van der Waals surface area contributed by atoms with Gasteiger partial charge in [-0.05, 0) is 56.9 Å². The highest BCUT2D eigenvalue weighted by Gasteiger charge is 2.29. The van der Waals surface area contributed by atoms with Gasteiger partial charge in [0.25, 0.3) is 5.91 Å². The molecule has 9 heteroatoms. The average Bonchev–Trinajstić information content (AvgIpc) is 3.39. The van der Waals surface area contributed by atoms with Gasteiger partial charge in [-0.2, -0.15) is 0 Å². The number of nitrogens with one attached hydrogen (secondary N) is 1. The molecule has 5 rings (SSSR count). The molecule has 1 aliphatic rings. The number of nitrogens with two attached hydrogens (primary N) is 1. The predicted molar refractivity (Wildman–Crippen MR) is 139 cm³/mol. The van der Waals surface area contributed by atoms with E-state index in [1.165, 1.54) is 11.3 Å². The van der Waals surface area contributed by atoms with Crippen LogP contribution < -0.4 is 11.1 Å². The number of fused-ring (bicyclic) bond motifs is 2. The molecule has 4 heterocycles. The number of carbonyl (C=O) groups excluding carboxylic acids is 2. The van der Waals surface area contributed by atoms with E-state index in [0.29, 0.717) is 17.0 Å². The van der Waals surface area contributed by atoms with Gasteiger partial charge in [0, 0.05) is 31.9 Å². The van der Waals surface area contributed by atoms with Crippen molar-refractivity contribution in [2.75, 3.05) is 19.3 Å². The Morgan fingerprint density at radius 2 is 2.00 bits per heavy atom. The number of rotatable bonds is 6. The minimum atomic E-state index is -0.206. The Labute approximate surface area is 208 Å². The first kappa shape index (κ1) is 23.3. The lowest BCUT2D eigenvalue weighted by atomic mass is 9.98. The zero-order valence-corrected chi connectivity index (χ0v) is 20.9. The van der Waals surface area contributed by atoms with Gasteiger partial charge in [-0.3, -0.25) is 9.59 Å². The summed E-state index contributed by atoms with van der Waals surface area (Å²) in [6, 6.07) is 11.9. The largest absolute Gasteiger partial charge is 0.397 e. The Hall–Kier alpha value is -3.46. The number of amides is 2. The van der Waals surface area contributed by atoms with Crippen LogP contribution in [-0.4, -0.2) is 44.8 Å². The van der Waals surface area contributed by atoms with Crippen LogP contribution in [0.3, 0.4) is 0 Å². The van der Waals surface area contributed by atoms with Gasteiger partial charge in [0.1, 0.15) is 15.5 Å². The molecule has 1 aliphatic heterocycles. The number of benzene rings is 1. The number of thiophene rings is 1. The molecule has 8 nitrogen and oxygen atoms in total. The summed E-state index contributed by atoms with van der Waals surface area (Å²) in [7, 11) is 1.59. The number of nitrogen functional groups attached to an aromatic ring is 1. The number of hydrogen-bond donors (Lipinski definition) is 2. The number of carbonyl (C=O) groups is 2. The van der Waals surface area contributed by atoms with Gasteiger partial charge in [-0.1, -0.05) is 12.1 Å². The Bertz CT molecular complexity index is 1410. The fourth-order valence-electron chi connectivity index (χ4n) is 5.03. The Kier molecular flexibility index (Phi) is 6.42.